The van der Waals surface area contributed by atoms with Crippen molar-refractivity contribution < 1.29 is 9.59 Å². The van der Waals surface area contributed by atoms with Crippen molar-refractivity contribution in [2.45, 2.75) is 60.3 Å². The van der Waals surface area contributed by atoms with E-state index in [0.29, 0.717) is 18.4 Å². The molecule has 1 fully saturated rings. The van der Waals surface area contributed by atoms with Crippen LogP contribution in [-0.2, 0) is 9.59 Å². The standard InChI is InChI=1S/C18H26O2/c1-13(2)7-6-8-14(3)9-10-15-16(19)11-18(4,5)12-17(15)20/h7,9-10H,6,8,11-12H2,1-5H3/b14-9+. The van der Waals surface area contributed by atoms with Gasteiger partial charge in [0.1, 0.15) is 0 Å². The van der Waals surface area contributed by atoms with Crippen LogP contribution in [0.3, 0.4) is 0 Å². The zero-order valence-electron chi connectivity index (χ0n) is 13.4. The molecule has 0 N–H and O–H groups in total. The van der Waals surface area contributed by atoms with Gasteiger partial charge in [0.15, 0.2) is 11.6 Å². The molecule has 0 bridgehead atoms. The Kier molecular flexibility index (Phi) is 5.67. The first kappa shape index (κ1) is 16.6. The topological polar surface area (TPSA) is 34.1 Å². The smallest absolute Gasteiger partial charge is 0.166 e. The number of carbonyl (C=O) groups excluding carboxylic acids is 2. The Morgan fingerprint density at radius 1 is 1.10 bits per heavy atom. The van der Waals surface area contributed by atoms with Crippen molar-refractivity contribution in [3.05, 3.63) is 34.9 Å². The predicted octanol–water partition coefficient (Wildman–Crippen LogP) is 4.56. The molecule has 2 heteroatoms. The lowest BCUT2D eigenvalue weighted by Gasteiger charge is -2.28. The van der Waals surface area contributed by atoms with Gasteiger partial charge >= 0.3 is 0 Å². The fourth-order valence-corrected chi connectivity index (χ4v) is 2.36. The second kappa shape index (κ2) is 6.83. The first-order valence-corrected chi connectivity index (χ1v) is 7.28. The summed E-state index contributed by atoms with van der Waals surface area (Å²) in [6.07, 6.45) is 8.74. The summed E-state index contributed by atoms with van der Waals surface area (Å²) in [6, 6.07) is 0. The van der Waals surface area contributed by atoms with Crippen LogP contribution in [0.25, 0.3) is 0 Å². The summed E-state index contributed by atoms with van der Waals surface area (Å²) < 4.78 is 0. The summed E-state index contributed by atoms with van der Waals surface area (Å²) >= 11 is 0. The van der Waals surface area contributed by atoms with E-state index in [1.165, 1.54) is 11.1 Å². The summed E-state index contributed by atoms with van der Waals surface area (Å²) in [7, 11) is 0. The van der Waals surface area contributed by atoms with Gasteiger partial charge in [-0.3, -0.25) is 9.59 Å². The number of hydrogen-bond donors (Lipinski definition) is 0. The highest BCUT2D eigenvalue weighted by Crippen LogP contribution is 2.33. The quantitative estimate of drug-likeness (QED) is 0.428. The summed E-state index contributed by atoms with van der Waals surface area (Å²) in [5, 5.41) is 0. The molecule has 0 amide bonds. The Labute approximate surface area is 122 Å². The van der Waals surface area contributed by atoms with Gasteiger partial charge in [0.25, 0.3) is 0 Å². The lowest BCUT2D eigenvalue weighted by Crippen LogP contribution is -2.31. The van der Waals surface area contributed by atoms with Crippen LogP contribution in [0.1, 0.15) is 60.3 Å². The molecule has 0 aromatic rings. The summed E-state index contributed by atoms with van der Waals surface area (Å²) in [5.41, 5.74) is 2.70. The zero-order chi connectivity index (χ0) is 15.3. The third kappa shape index (κ3) is 5.28. The number of carbonyl (C=O) groups is 2. The first-order chi connectivity index (χ1) is 9.21. The second-order valence-electron chi connectivity index (χ2n) is 6.78. The Hall–Kier alpha value is -1.44. The highest BCUT2D eigenvalue weighted by atomic mass is 16.1. The molecule has 1 rings (SSSR count). The van der Waals surface area contributed by atoms with Gasteiger partial charge in [0, 0.05) is 12.8 Å². The van der Waals surface area contributed by atoms with Gasteiger partial charge in [-0.15, -0.1) is 0 Å². The molecule has 20 heavy (non-hydrogen) atoms. The highest BCUT2D eigenvalue weighted by Gasteiger charge is 2.35. The van der Waals surface area contributed by atoms with Crippen LogP contribution < -0.4 is 0 Å². The van der Waals surface area contributed by atoms with Crippen molar-refractivity contribution in [1.29, 1.82) is 0 Å². The molecule has 0 aromatic heterocycles. The Bertz CT molecular complexity index is 462. The van der Waals surface area contributed by atoms with Gasteiger partial charge in [-0.05, 0) is 45.1 Å². The molecule has 0 unspecified atom stereocenters. The van der Waals surface area contributed by atoms with Gasteiger partial charge in [0.05, 0.1) is 5.57 Å². The highest BCUT2D eigenvalue weighted by molar-refractivity contribution is 6.22. The molecule has 0 aromatic carbocycles. The van der Waals surface area contributed by atoms with Gasteiger partial charge in [0.2, 0.25) is 0 Å². The molecule has 2 nitrogen and oxygen atoms in total. The van der Waals surface area contributed by atoms with E-state index in [1.54, 1.807) is 6.08 Å². The molecule has 0 atom stereocenters. The van der Waals surface area contributed by atoms with Crippen molar-refractivity contribution in [1.82, 2.24) is 0 Å². The van der Waals surface area contributed by atoms with E-state index in [1.807, 2.05) is 26.8 Å². The molecule has 0 heterocycles. The van der Waals surface area contributed by atoms with Gasteiger partial charge in [-0.1, -0.05) is 37.1 Å². The summed E-state index contributed by atoms with van der Waals surface area (Å²) in [5.74, 6) is -0.0285. The summed E-state index contributed by atoms with van der Waals surface area (Å²) in [6.45, 7) is 10.2. The Morgan fingerprint density at radius 3 is 2.15 bits per heavy atom. The molecule has 1 aliphatic rings. The van der Waals surface area contributed by atoms with Gasteiger partial charge < -0.3 is 0 Å². The molecule has 110 valence electrons. The van der Waals surface area contributed by atoms with E-state index in [9.17, 15) is 9.59 Å². The Morgan fingerprint density at radius 2 is 1.65 bits per heavy atom. The van der Waals surface area contributed by atoms with Crippen LogP contribution in [-0.4, -0.2) is 11.6 Å². The van der Waals surface area contributed by atoms with E-state index >= 15 is 0 Å². The van der Waals surface area contributed by atoms with Crippen LogP contribution in [0.5, 0.6) is 0 Å². The van der Waals surface area contributed by atoms with E-state index in [2.05, 4.69) is 19.9 Å². The summed E-state index contributed by atoms with van der Waals surface area (Å²) in [4.78, 5) is 24.0. The van der Waals surface area contributed by atoms with Crippen LogP contribution in [0.4, 0.5) is 0 Å². The number of Topliss-reactive ketones (excluding diaryl/α,β-unsaturated/α-hetero) is 2. The van der Waals surface area contributed by atoms with E-state index in [4.69, 9.17) is 0 Å². The van der Waals surface area contributed by atoms with Crippen molar-refractivity contribution in [3.63, 3.8) is 0 Å². The van der Waals surface area contributed by atoms with Crippen molar-refractivity contribution >= 4 is 11.6 Å². The van der Waals surface area contributed by atoms with Crippen molar-refractivity contribution in [3.8, 4) is 0 Å². The van der Waals surface area contributed by atoms with Crippen LogP contribution in [0, 0.1) is 5.41 Å². The molecule has 0 radical (unpaired) electrons. The fraction of sp³-hybridized carbons (Fsp3) is 0.556. The average Bonchev–Trinajstić information content (AvgIpc) is 2.25. The Balaban J connectivity index is 2.72. The molecular weight excluding hydrogens is 248 g/mol. The van der Waals surface area contributed by atoms with Gasteiger partial charge in [-0.2, -0.15) is 0 Å². The van der Waals surface area contributed by atoms with Crippen LogP contribution in [0.2, 0.25) is 0 Å². The molecular formula is C18H26O2. The van der Waals surface area contributed by atoms with Gasteiger partial charge in [-0.25, -0.2) is 0 Å². The number of allylic oxidation sites excluding steroid dienone is 6. The minimum absolute atomic E-state index is 0.0143. The lowest BCUT2D eigenvalue weighted by atomic mass is 9.74. The number of ketones is 2. The third-order valence-electron chi connectivity index (χ3n) is 3.50. The second-order valence-corrected chi connectivity index (χ2v) is 6.78. The van der Waals surface area contributed by atoms with Crippen molar-refractivity contribution in [2.24, 2.45) is 5.41 Å². The van der Waals surface area contributed by atoms with E-state index in [0.717, 1.165) is 12.8 Å². The van der Waals surface area contributed by atoms with Crippen molar-refractivity contribution in [2.75, 3.05) is 0 Å². The predicted molar refractivity (Wildman–Crippen MR) is 83.5 cm³/mol. The largest absolute Gasteiger partial charge is 0.294 e. The molecule has 1 saturated carbocycles. The zero-order valence-corrected chi connectivity index (χ0v) is 13.4. The monoisotopic (exact) mass is 274 g/mol. The molecule has 0 saturated heterocycles. The third-order valence-corrected chi connectivity index (χ3v) is 3.50. The fourth-order valence-electron chi connectivity index (χ4n) is 2.36. The van der Waals surface area contributed by atoms with E-state index in [-0.39, 0.29) is 17.0 Å². The minimum atomic E-state index is -0.187. The average molecular weight is 274 g/mol. The number of rotatable bonds is 4. The van der Waals surface area contributed by atoms with Crippen LogP contribution in [0.15, 0.2) is 34.9 Å². The maximum absolute atomic E-state index is 12.0. The van der Waals surface area contributed by atoms with Crippen LogP contribution >= 0.6 is 0 Å². The molecule has 0 spiro atoms. The lowest BCUT2D eigenvalue weighted by molar-refractivity contribution is -0.127. The minimum Gasteiger partial charge on any atom is -0.294 e. The van der Waals surface area contributed by atoms with E-state index < -0.39 is 0 Å². The maximum atomic E-state index is 12.0. The normalized spacial score (nSPS) is 19.1. The number of hydrogen-bond acceptors (Lipinski definition) is 2. The SMILES string of the molecule is CC(C)=CCC/C(C)=C/C=C1C(=O)CC(C)(C)CC1=O. The molecule has 0 aliphatic heterocycles. The molecule has 1 aliphatic carbocycles. The maximum Gasteiger partial charge on any atom is 0.166 e. The first-order valence-electron chi connectivity index (χ1n) is 7.28.